The van der Waals surface area contributed by atoms with Gasteiger partial charge < -0.3 is 19.0 Å². The Kier molecular flexibility index (Phi) is 6.66. The lowest BCUT2D eigenvalue weighted by atomic mass is 9.50. The first kappa shape index (κ1) is 24.9. The highest BCUT2D eigenvalue weighted by Gasteiger charge is 2.67. The van der Waals surface area contributed by atoms with Crippen LogP contribution >= 0.6 is 0 Å². The molecule has 4 rings (SSSR count). The van der Waals surface area contributed by atoms with Gasteiger partial charge in [0.05, 0.1) is 25.2 Å². The van der Waals surface area contributed by atoms with E-state index < -0.39 is 25.8 Å². The Balaban J connectivity index is 1.63. The maximum absolute atomic E-state index is 11.0. The zero-order valence-corrected chi connectivity index (χ0v) is 22.5. The quantitative estimate of drug-likeness (QED) is 0.472. The topological polar surface area (TPSA) is 47.9 Å². The van der Waals surface area contributed by atoms with Gasteiger partial charge in [-0.05, 0) is 49.4 Å². The van der Waals surface area contributed by atoms with Gasteiger partial charge >= 0.3 is 0 Å². The van der Waals surface area contributed by atoms with Crippen LogP contribution in [0.5, 0.6) is 0 Å². The van der Waals surface area contributed by atoms with Gasteiger partial charge in [0.25, 0.3) is 0 Å². The summed E-state index contributed by atoms with van der Waals surface area (Å²) < 4.78 is 19.2. The molecule has 1 aliphatic heterocycles. The predicted octanol–water partition coefficient (Wildman–Crippen LogP) is 5.41. The summed E-state index contributed by atoms with van der Waals surface area (Å²) in [7, 11) is -2.06. The number of hydrogen-bond acceptors (Lipinski definition) is 4. The molecule has 3 aliphatic rings. The fraction of sp³-hybridized carbons (Fsp3) is 0.714. The van der Waals surface area contributed by atoms with Crippen LogP contribution in [-0.2, 0) is 20.3 Å². The zero-order valence-electron chi connectivity index (χ0n) is 21.5. The minimum absolute atomic E-state index is 0.0738. The van der Waals surface area contributed by atoms with Crippen molar-refractivity contribution >= 4 is 8.32 Å². The van der Waals surface area contributed by atoms with Crippen LogP contribution in [0.2, 0.25) is 18.1 Å². The minimum Gasteiger partial charge on any atom is -0.401 e. The first-order valence-electron chi connectivity index (χ1n) is 12.6. The normalized spacial score (nSPS) is 32.9. The molecule has 1 heterocycles. The van der Waals surface area contributed by atoms with Gasteiger partial charge in [-0.2, -0.15) is 0 Å². The molecule has 182 valence electrons. The number of fused-ring (bicyclic) bond motifs is 2. The van der Waals surface area contributed by atoms with Crippen LogP contribution in [0.3, 0.4) is 0 Å². The molecule has 0 bridgehead atoms. The van der Waals surface area contributed by atoms with E-state index in [0.717, 1.165) is 19.3 Å². The van der Waals surface area contributed by atoms with Crippen molar-refractivity contribution in [3.8, 4) is 11.8 Å². The lowest BCUT2D eigenvalue weighted by molar-refractivity contribution is -0.334. The van der Waals surface area contributed by atoms with E-state index in [9.17, 15) is 5.11 Å². The van der Waals surface area contributed by atoms with Gasteiger partial charge in [-0.25, -0.2) is 0 Å². The second-order valence-electron chi connectivity index (χ2n) is 12.1. The van der Waals surface area contributed by atoms with Crippen LogP contribution in [0, 0.1) is 35.5 Å². The molecule has 0 aromatic heterocycles. The Hall–Kier alpha value is -1.16. The van der Waals surface area contributed by atoms with Gasteiger partial charge in [0.15, 0.2) is 14.1 Å². The summed E-state index contributed by atoms with van der Waals surface area (Å²) in [5, 5.41) is 11.1. The number of ether oxygens (including phenoxy) is 2. The number of benzene rings is 1. The molecular formula is C28H42O4Si. The van der Waals surface area contributed by atoms with E-state index in [4.69, 9.17) is 13.9 Å². The molecule has 1 unspecified atom stereocenters. The van der Waals surface area contributed by atoms with Gasteiger partial charge in [0.1, 0.15) is 5.60 Å². The smallest absolute Gasteiger partial charge is 0.194 e. The van der Waals surface area contributed by atoms with Crippen LogP contribution in [0.4, 0.5) is 0 Å². The summed E-state index contributed by atoms with van der Waals surface area (Å²) in [5.41, 5.74) is 0.612. The molecule has 6 atom stereocenters. The molecular weight excluding hydrogens is 428 g/mol. The van der Waals surface area contributed by atoms with Crippen molar-refractivity contribution in [3.05, 3.63) is 35.9 Å². The van der Waals surface area contributed by atoms with Gasteiger partial charge in [-0.15, -0.1) is 0 Å². The summed E-state index contributed by atoms with van der Waals surface area (Å²) in [4.78, 5) is 0. The molecule has 1 N–H and O–H groups in total. The van der Waals surface area contributed by atoms with Gasteiger partial charge in [0, 0.05) is 18.3 Å². The van der Waals surface area contributed by atoms with Crippen molar-refractivity contribution in [1.29, 1.82) is 0 Å². The summed E-state index contributed by atoms with van der Waals surface area (Å²) in [6.07, 6.45) is 2.01. The molecule has 5 heteroatoms. The molecule has 0 amide bonds. The van der Waals surface area contributed by atoms with Crippen molar-refractivity contribution in [1.82, 2.24) is 0 Å². The summed E-state index contributed by atoms with van der Waals surface area (Å²) in [5.74, 6) is 7.47. The Bertz CT molecular complexity index is 890. The second-order valence-corrected chi connectivity index (χ2v) is 16.8. The standard InChI is InChI=1S/C28H42O4Si/c1-20-25-22(24(29)14-13-23(25)28(20)30-17-18-31-28)15-16-27(5,19-21-11-9-8-10-12-21)32-33(6,7)26(2,3)4/h8-12,20,22-25,29H,13-14,17-19H2,1-7H3/t20?,22-,23-,24+,25+,27-/m0/s1. The largest absolute Gasteiger partial charge is 0.401 e. The molecule has 1 aromatic carbocycles. The average molecular weight is 471 g/mol. The highest BCUT2D eigenvalue weighted by atomic mass is 28.4. The third-order valence-corrected chi connectivity index (χ3v) is 13.3. The molecule has 0 radical (unpaired) electrons. The van der Waals surface area contributed by atoms with Crippen molar-refractivity contribution in [3.63, 3.8) is 0 Å². The Morgan fingerprint density at radius 1 is 1.09 bits per heavy atom. The van der Waals surface area contributed by atoms with Crippen LogP contribution in [0.15, 0.2) is 30.3 Å². The Labute approximate surface area is 201 Å². The molecule has 1 saturated heterocycles. The molecule has 1 aromatic rings. The van der Waals surface area contributed by atoms with E-state index in [2.05, 4.69) is 83.8 Å². The maximum Gasteiger partial charge on any atom is 0.194 e. The van der Waals surface area contributed by atoms with Crippen molar-refractivity contribution < 1.29 is 19.0 Å². The van der Waals surface area contributed by atoms with Crippen LogP contribution in [0.25, 0.3) is 0 Å². The molecule has 2 aliphatic carbocycles. The Morgan fingerprint density at radius 2 is 1.73 bits per heavy atom. The van der Waals surface area contributed by atoms with Crippen molar-refractivity contribution in [2.24, 2.45) is 23.7 Å². The lowest BCUT2D eigenvalue weighted by Crippen LogP contribution is -2.67. The van der Waals surface area contributed by atoms with Crippen LogP contribution < -0.4 is 0 Å². The molecule has 3 fully saturated rings. The fourth-order valence-corrected chi connectivity index (χ4v) is 7.56. The van der Waals surface area contributed by atoms with E-state index in [1.54, 1.807) is 0 Å². The minimum atomic E-state index is -2.06. The highest BCUT2D eigenvalue weighted by Crippen LogP contribution is 2.61. The highest BCUT2D eigenvalue weighted by molar-refractivity contribution is 6.74. The fourth-order valence-electron chi connectivity index (χ4n) is 6.00. The van der Waals surface area contributed by atoms with Gasteiger partial charge in [-0.3, -0.25) is 0 Å². The van der Waals surface area contributed by atoms with Crippen molar-refractivity contribution in [2.45, 2.75) is 89.5 Å². The second kappa shape index (κ2) is 8.81. The number of rotatable bonds is 4. The summed E-state index contributed by atoms with van der Waals surface area (Å²) >= 11 is 0. The van der Waals surface area contributed by atoms with E-state index in [1.807, 2.05) is 6.07 Å². The van der Waals surface area contributed by atoms with Crippen LogP contribution in [-0.4, -0.2) is 44.1 Å². The lowest BCUT2D eigenvalue weighted by Gasteiger charge is -2.61. The third kappa shape index (κ3) is 4.58. The predicted molar refractivity (Wildman–Crippen MR) is 134 cm³/mol. The van der Waals surface area contributed by atoms with Crippen LogP contribution in [0.1, 0.15) is 53.0 Å². The first-order chi connectivity index (χ1) is 15.4. The summed E-state index contributed by atoms with van der Waals surface area (Å²) in [6, 6.07) is 10.5. The maximum atomic E-state index is 11.0. The van der Waals surface area contributed by atoms with Gasteiger partial charge in [0.2, 0.25) is 0 Å². The Morgan fingerprint density at radius 3 is 2.33 bits per heavy atom. The van der Waals surface area contributed by atoms with E-state index in [0.29, 0.717) is 25.0 Å². The summed E-state index contributed by atoms with van der Waals surface area (Å²) in [6.45, 7) is 17.0. The average Bonchev–Trinajstić information content (AvgIpc) is 3.24. The van der Waals surface area contributed by atoms with E-state index >= 15 is 0 Å². The number of aliphatic hydroxyl groups is 1. The van der Waals surface area contributed by atoms with Crippen molar-refractivity contribution in [2.75, 3.05) is 13.2 Å². The molecule has 4 nitrogen and oxygen atoms in total. The number of aliphatic hydroxyl groups excluding tert-OH is 1. The third-order valence-electron chi connectivity index (χ3n) is 8.71. The van der Waals surface area contributed by atoms with Gasteiger partial charge in [-0.1, -0.05) is 69.9 Å². The molecule has 1 spiro atoms. The van der Waals surface area contributed by atoms with E-state index in [-0.39, 0.29) is 16.9 Å². The first-order valence-corrected chi connectivity index (χ1v) is 15.5. The monoisotopic (exact) mass is 470 g/mol. The molecule has 33 heavy (non-hydrogen) atoms. The van der Waals surface area contributed by atoms with E-state index in [1.165, 1.54) is 5.56 Å². The molecule has 2 saturated carbocycles. The number of hydrogen-bond donors (Lipinski definition) is 1. The SMILES string of the molecule is CC1[C@@H]2[C@@H](C#C[C@@](C)(Cc3ccccc3)O[Si](C)(C)C(C)(C)C)[C@H](O)CC[C@@H]2C12OCCO2. The zero-order chi connectivity index (χ0) is 24.1.